The zero-order valence-electron chi connectivity index (χ0n) is 42.4. The summed E-state index contributed by atoms with van der Waals surface area (Å²) in [5.74, 6) is -1.06. The number of benzene rings is 3. The van der Waals surface area contributed by atoms with Crippen molar-refractivity contribution in [3.63, 3.8) is 0 Å². The van der Waals surface area contributed by atoms with Crippen LogP contribution in [0.25, 0.3) is 11.0 Å². The molecule has 2 aromatic heterocycles. The SMILES string of the molecule is CC(C)c1ccccc1[C@@H]1CCCN1C1CC2(CCN(c3ccc(C(=O)NS(=O)(=O)c4cc5c(c([N+](=O)[O-])c4)N[C@@H](C4CCC(C)(O)CC4)CO5)c(Oc4cc5c(F)c[nH]c5nc4OCCN4CCC4)c3)CC2)C1. The number of fused-ring (bicyclic) bond motifs is 2. The van der Waals surface area contributed by atoms with Gasteiger partial charge in [0.25, 0.3) is 27.5 Å². The number of anilines is 2. The van der Waals surface area contributed by atoms with E-state index in [-0.39, 0.29) is 76.0 Å². The first-order valence-electron chi connectivity index (χ1n) is 26.5. The van der Waals surface area contributed by atoms with Gasteiger partial charge in [0.2, 0.25) is 0 Å². The third-order valence-corrected chi connectivity index (χ3v) is 18.4. The average Bonchev–Trinajstić information content (AvgIpc) is 4.00. The number of aliphatic hydroxyl groups is 1. The highest BCUT2D eigenvalue weighted by molar-refractivity contribution is 7.90. The van der Waals surface area contributed by atoms with Gasteiger partial charge in [0.1, 0.15) is 30.4 Å². The number of H-pyrrole nitrogens is 1. The van der Waals surface area contributed by atoms with Crippen molar-refractivity contribution in [1.82, 2.24) is 24.5 Å². The highest BCUT2D eigenvalue weighted by Gasteiger charge is 2.50. The summed E-state index contributed by atoms with van der Waals surface area (Å²) in [4.78, 5) is 40.4. The third-order valence-electron chi connectivity index (χ3n) is 17.1. The Labute approximate surface area is 431 Å². The Morgan fingerprint density at radius 1 is 1.00 bits per heavy atom. The van der Waals surface area contributed by atoms with E-state index in [1.165, 1.54) is 48.4 Å². The number of sulfonamides is 1. The highest BCUT2D eigenvalue weighted by Crippen LogP contribution is 2.55. The van der Waals surface area contributed by atoms with E-state index in [1.807, 2.05) is 0 Å². The van der Waals surface area contributed by atoms with Crippen LogP contribution in [-0.2, 0) is 10.0 Å². The van der Waals surface area contributed by atoms with Crippen molar-refractivity contribution in [3.8, 4) is 23.1 Å². The van der Waals surface area contributed by atoms with Gasteiger partial charge in [0, 0.05) is 67.9 Å². The quantitative estimate of drug-likeness (QED) is 0.0570. The van der Waals surface area contributed by atoms with Gasteiger partial charge in [0.05, 0.1) is 32.4 Å². The molecule has 5 aromatic rings. The van der Waals surface area contributed by atoms with Gasteiger partial charge in [-0.1, -0.05) is 38.1 Å². The zero-order valence-corrected chi connectivity index (χ0v) is 43.2. The van der Waals surface area contributed by atoms with E-state index >= 15 is 4.39 Å². The average molecular weight is 1040 g/mol. The summed E-state index contributed by atoms with van der Waals surface area (Å²) in [6.45, 7) is 11.9. The van der Waals surface area contributed by atoms with Crippen LogP contribution in [0.3, 0.4) is 0 Å². The fourth-order valence-electron chi connectivity index (χ4n) is 12.5. The largest absolute Gasteiger partial charge is 0.489 e. The van der Waals surface area contributed by atoms with Gasteiger partial charge in [0.15, 0.2) is 17.2 Å². The van der Waals surface area contributed by atoms with Crippen molar-refractivity contribution in [2.45, 2.75) is 126 Å². The van der Waals surface area contributed by atoms with Gasteiger partial charge in [-0.05, 0) is 138 Å². The standard InChI is InChI=1S/C55H67FN8O9S/c1-34(2)39-8-4-5-9-40(39)45-10-6-21-63(45)37-30-55(31-37)17-22-62(23-18-55)36-11-12-41(47(26-36)73-49-29-42-43(56)32-57-51(42)59-53(49)71-25-24-61-19-7-20-61)52(65)60-74(69,70)38-27-46(64(67)68)50-48(28-38)72-33-44(58-50)35-13-15-54(3,66)16-14-35/h4-5,8-9,11-12,26-29,32,34-35,37,44-45,58,66H,6-7,10,13-25,30-31,33H2,1-3H3,(H,57,59)(H,60,65)/t35?,44-,45+,54?/m1/s1. The number of carbonyl (C=O) groups is 1. The van der Waals surface area contributed by atoms with Gasteiger partial charge in [-0.25, -0.2) is 17.5 Å². The van der Waals surface area contributed by atoms with E-state index in [2.05, 4.69) is 72.8 Å². The van der Waals surface area contributed by atoms with Crippen LogP contribution in [0.1, 0.15) is 125 Å². The Hall–Kier alpha value is -6.02. The Morgan fingerprint density at radius 3 is 2.50 bits per heavy atom. The van der Waals surface area contributed by atoms with Crippen LogP contribution in [-0.4, -0.2) is 114 Å². The number of hydrogen-bond donors (Lipinski definition) is 4. The molecule has 74 heavy (non-hydrogen) atoms. The highest BCUT2D eigenvalue weighted by atomic mass is 32.2. The number of piperidine rings is 1. The molecule has 6 heterocycles. The molecule has 0 unspecified atom stereocenters. The first-order valence-corrected chi connectivity index (χ1v) is 28.0. The Kier molecular flexibility index (Phi) is 13.5. The third kappa shape index (κ3) is 9.99. The Balaban J connectivity index is 0.846. The number of nitrogens with zero attached hydrogens (tertiary/aromatic N) is 5. The second-order valence-corrected chi connectivity index (χ2v) is 24.0. The number of nitrogens with one attached hydrogen (secondary N) is 3. The number of aromatic nitrogens is 2. The minimum absolute atomic E-state index is 0.0230. The number of halogens is 1. The predicted molar refractivity (Wildman–Crippen MR) is 278 cm³/mol. The second kappa shape index (κ2) is 19.9. The predicted octanol–water partition coefficient (Wildman–Crippen LogP) is 9.43. The van der Waals surface area contributed by atoms with Crippen LogP contribution in [0.4, 0.5) is 21.5 Å². The van der Waals surface area contributed by atoms with Gasteiger partial charge in [-0.3, -0.25) is 24.7 Å². The summed E-state index contributed by atoms with van der Waals surface area (Å²) in [5, 5.41) is 26.4. The number of pyridine rings is 1. The van der Waals surface area contributed by atoms with Gasteiger partial charge >= 0.3 is 0 Å². The Morgan fingerprint density at radius 2 is 1.77 bits per heavy atom. The van der Waals surface area contributed by atoms with Crippen molar-refractivity contribution >= 4 is 44.0 Å². The van der Waals surface area contributed by atoms with Crippen LogP contribution >= 0.6 is 0 Å². The van der Waals surface area contributed by atoms with E-state index in [0.29, 0.717) is 50.2 Å². The molecule has 2 atom stereocenters. The number of likely N-dealkylation sites (tertiary alicyclic amines) is 2. The molecule has 5 fully saturated rings. The lowest BCUT2D eigenvalue weighted by atomic mass is 9.59. The van der Waals surface area contributed by atoms with Crippen molar-refractivity contribution < 1.29 is 41.8 Å². The van der Waals surface area contributed by atoms with Crippen molar-refractivity contribution in [2.24, 2.45) is 11.3 Å². The van der Waals surface area contributed by atoms with Crippen LogP contribution in [0.15, 0.2) is 71.8 Å². The Bertz CT molecular complexity index is 3050. The van der Waals surface area contributed by atoms with E-state index in [0.717, 1.165) is 76.6 Å². The first kappa shape index (κ1) is 50.2. The fraction of sp³-hybridized carbons (Fsp3) is 0.527. The van der Waals surface area contributed by atoms with Crippen LogP contribution in [0.2, 0.25) is 0 Å². The molecule has 0 bridgehead atoms. The molecule has 3 saturated heterocycles. The minimum Gasteiger partial charge on any atom is -0.489 e. The molecule has 4 aliphatic heterocycles. The number of rotatable bonds is 15. The van der Waals surface area contributed by atoms with E-state index in [1.54, 1.807) is 19.1 Å². The lowest BCUT2D eigenvalue weighted by Gasteiger charge is -2.56. The summed E-state index contributed by atoms with van der Waals surface area (Å²) in [6, 6.07) is 18.1. The van der Waals surface area contributed by atoms with E-state index in [4.69, 9.17) is 14.2 Å². The number of hydrogen-bond acceptors (Lipinski definition) is 14. The molecule has 17 nitrogen and oxygen atoms in total. The summed E-state index contributed by atoms with van der Waals surface area (Å²) < 4.78 is 64.4. The zero-order chi connectivity index (χ0) is 51.5. The molecule has 1 spiro atoms. The summed E-state index contributed by atoms with van der Waals surface area (Å²) in [7, 11) is -4.77. The maximum Gasteiger partial charge on any atom is 0.297 e. The molecule has 2 aliphatic carbocycles. The fourth-order valence-corrected chi connectivity index (χ4v) is 13.5. The molecule has 11 rings (SSSR count). The topological polar surface area (TPSA) is 205 Å². The molecular formula is C55H67FN8O9S. The van der Waals surface area contributed by atoms with Gasteiger partial charge < -0.3 is 34.5 Å². The molecule has 6 aliphatic rings. The maximum atomic E-state index is 15.2. The normalized spacial score (nSPS) is 24.2. The molecule has 19 heteroatoms. The number of aromatic amines is 1. The maximum absolute atomic E-state index is 15.2. The molecule has 394 valence electrons. The molecule has 1 amide bonds. The molecule has 3 aromatic carbocycles. The number of carbonyl (C=O) groups excluding carboxylic acids is 1. The van der Waals surface area contributed by atoms with Crippen LogP contribution in [0.5, 0.6) is 23.1 Å². The molecular weight excluding hydrogens is 968 g/mol. The second-order valence-electron chi connectivity index (χ2n) is 22.3. The number of ether oxygens (including phenoxy) is 3. The van der Waals surface area contributed by atoms with Crippen molar-refractivity contribution in [1.29, 1.82) is 0 Å². The number of nitro groups is 1. The summed E-state index contributed by atoms with van der Waals surface area (Å²) in [6.07, 6.45) is 11.5. The first-order chi connectivity index (χ1) is 35.5. The number of amides is 1. The lowest BCUT2D eigenvalue weighted by Crippen LogP contribution is -2.54. The van der Waals surface area contributed by atoms with Gasteiger partial charge in [-0.2, -0.15) is 4.98 Å². The van der Waals surface area contributed by atoms with E-state index in [9.17, 15) is 28.4 Å². The smallest absolute Gasteiger partial charge is 0.297 e. The summed E-state index contributed by atoms with van der Waals surface area (Å²) >= 11 is 0. The van der Waals surface area contributed by atoms with E-state index < -0.39 is 42.9 Å². The molecule has 4 N–H and O–H groups in total. The minimum atomic E-state index is -4.77. The van der Waals surface area contributed by atoms with Crippen molar-refractivity contribution in [2.75, 3.05) is 62.7 Å². The molecule has 2 saturated carbocycles. The van der Waals surface area contributed by atoms with Gasteiger partial charge in [-0.15, -0.1) is 0 Å². The monoisotopic (exact) mass is 1030 g/mol. The van der Waals surface area contributed by atoms with Crippen molar-refractivity contribution in [3.05, 3.63) is 99.5 Å². The van der Waals surface area contributed by atoms with Crippen LogP contribution in [0, 0.1) is 27.3 Å². The number of nitro benzene ring substituents is 1. The lowest BCUT2D eigenvalue weighted by molar-refractivity contribution is -0.384. The summed E-state index contributed by atoms with van der Waals surface area (Å²) in [5.41, 5.74) is 2.74. The molecule has 0 radical (unpaired) electrons. The van der Waals surface area contributed by atoms with Crippen LogP contribution < -0.4 is 29.1 Å².